The van der Waals surface area contributed by atoms with Crippen molar-refractivity contribution in [2.24, 2.45) is 7.05 Å². The van der Waals surface area contributed by atoms with E-state index in [0.29, 0.717) is 6.54 Å². The van der Waals surface area contributed by atoms with Crippen LogP contribution in [0.2, 0.25) is 0 Å². The van der Waals surface area contributed by atoms with E-state index >= 15 is 0 Å². The van der Waals surface area contributed by atoms with Crippen molar-refractivity contribution in [1.82, 2.24) is 15.1 Å². The van der Waals surface area contributed by atoms with Gasteiger partial charge in [-0.2, -0.15) is 5.10 Å². The summed E-state index contributed by atoms with van der Waals surface area (Å²) in [5, 5.41) is 34.1. The molecule has 0 spiro atoms. The van der Waals surface area contributed by atoms with Crippen molar-refractivity contribution in [2.75, 3.05) is 19.8 Å². The van der Waals surface area contributed by atoms with Crippen LogP contribution in [0.15, 0.2) is 12.3 Å². The first kappa shape index (κ1) is 12.1. The summed E-state index contributed by atoms with van der Waals surface area (Å²) in [4.78, 5) is 0. The SMILES string of the molecule is Cn1nccc1CNC(CO)(CO)CO. The second-order valence-electron chi connectivity index (χ2n) is 3.55. The number of rotatable bonds is 6. The molecule has 4 N–H and O–H groups in total. The van der Waals surface area contributed by atoms with Crippen LogP contribution in [0.1, 0.15) is 5.69 Å². The molecule has 0 aliphatic heterocycles. The predicted octanol–water partition coefficient (Wildman–Crippen LogP) is -1.77. The fraction of sp³-hybridized carbons (Fsp3) is 0.667. The lowest BCUT2D eigenvalue weighted by Gasteiger charge is -2.28. The second-order valence-corrected chi connectivity index (χ2v) is 3.55. The van der Waals surface area contributed by atoms with Crippen LogP contribution in [0.25, 0.3) is 0 Å². The van der Waals surface area contributed by atoms with E-state index in [4.69, 9.17) is 15.3 Å². The van der Waals surface area contributed by atoms with Crippen molar-refractivity contribution in [3.8, 4) is 0 Å². The van der Waals surface area contributed by atoms with E-state index in [0.717, 1.165) is 5.69 Å². The van der Waals surface area contributed by atoms with E-state index in [9.17, 15) is 0 Å². The molecule has 0 aromatic carbocycles. The minimum atomic E-state index is -1.04. The lowest BCUT2D eigenvalue weighted by Crippen LogP contribution is -2.54. The Morgan fingerprint density at radius 3 is 2.33 bits per heavy atom. The van der Waals surface area contributed by atoms with Gasteiger partial charge in [0.1, 0.15) is 0 Å². The van der Waals surface area contributed by atoms with Crippen molar-refractivity contribution in [3.63, 3.8) is 0 Å². The molecule has 0 saturated heterocycles. The van der Waals surface area contributed by atoms with Gasteiger partial charge in [0.05, 0.1) is 31.1 Å². The maximum Gasteiger partial charge on any atom is 0.0884 e. The number of nitrogens with one attached hydrogen (secondary N) is 1. The Morgan fingerprint density at radius 1 is 1.33 bits per heavy atom. The molecule has 0 atom stereocenters. The van der Waals surface area contributed by atoms with E-state index < -0.39 is 5.54 Å². The molecule has 0 amide bonds. The molecule has 6 nitrogen and oxygen atoms in total. The molecule has 0 unspecified atom stereocenters. The van der Waals surface area contributed by atoms with Gasteiger partial charge in [-0.15, -0.1) is 0 Å². The summed E-state index contributed by atoms with van der Waals surface area (Å²) in [7, 11) is 1.80. The van der Waals surface area contributed by atoms with Crippen LogP contribution in [0, 0.1) is 0 Å². The number of hydrogen-bond acceptors (Lipinski definition) is 5. The van der Waals surface area contributed by atoms with Crippen LogP contribution >= 0.6 is 0 Å². The number of hydrogen-bond donors (Lipinski definition) is 4. The molecule has 0 aliphatic carbocycles. The average Bonchev–Trinajstić information content (AvgIpc) is 2.67. The van der Waals surface area contributed by atoms with E-state index in [1.807, 2.05) is 6.07 Å². The summed E-state index contributed by atoms with van der Waals surface area (Å²) in [5.74, 6) is 0. The van der Waals surface area contributed by atoms with Crippen LogP contribution in [-0.2, 0) is 13.6 Å². The second kappa shape index (κ2) is 5.22. The maximum absolute atomic E-state index is 9.07. The van der Waals surface area contributed by atoms with Crippen LogP contribution in [0.3, 0.4) is 0 Å². The summed E-state index contributed by atoms with van der Waals surface area (Å²) in [5.41, 5.74) is -0.126. The van der Waals surface area contributed by atoms with Gasteiger partial charge in [-0.3, -0.25) is 10.00 Å². The zero-order valence-corrected chi connectivity index (χ0v) is 8.72. The number of aliphatic hydroxyl groups excluding tert-OH is 3. The molecule has 6 heteroatoms. The highest BCUT2D eigenvalue weighted by atomic mass is 16.3. The normalized spacial score (nSPS) is 12.0. The van der Waals surface area contributed by atoms with Gasteiger partial charge in [-0.1, -0.05) is 0 Å². The van der Waals surface area contributed by atoms with Gasteiger partial charge < -0.3 is 15.3 Å². The zero-order valence-electron chi connectivity index (χ0n) is 8.72. The average molecular weight is 215 g/mol. The molecule has 0 aliphatic rings. The molecule has 15 heavy (non-hydrogen) atoms. The highest BCUT2D eigenvalue weighted by Gasteiger charge is 2.27. The Morgan fingerprint density at radius 2 is 1.93 bits per heavy atom. The minimum Gasteiger partial charge on any atom is -0.394 e. The van der Waals surface area contributed by atoms with Crippen molar-refractivity contribution in [2.45, 2.75) is 12.1 Å². The third-order valence-corrected chi connectivity index (χ3v) is 2.47. The number of nitrogens with zero attached hydrogens (tertiary/aromatic N) is 2. The van der Waals surface area contributed by atoms with Crippen LogP contribution in [0.5, 0.6) is 0 Å². The molecule has 1 aromatic heterocycles. The van der Waals surface area contributed by atoms with E-state index in [1.54, 1.807) is 17.9 Å². The van der Waals surface area contributed by atoms with Gasteiger partial charge in [0.2, 0.25) is 0 Å². The minimum absolute atomic E-state index is 0.322. The first-order valence-electron chi connectivity index (χ1n) is 4.72. The third kappa shape index (κ3) is 2.75. The molecule has 1 aromatic rings. The van der Waals surface area contributed by atoms with Gasteiger partial charge in [-0.05, 0) is 6.07 Å². The van der Waals surface area contributed by atoms with Gasteiger partial charge in [0.25, 0.3) is 0 Å². The summed E-state index contributed by atoms with van der Waals surface area (Å²) in [6.45, 7) is -0.536. The fourth-order valence-electron chi connectivity index (χ4n) is 1.17. The third-order valence-electron chi connectivity index (χ3n) is 2.47. The quantitative estimate of drug-likeness (QED) is 0.450. The lowest BCUT2D eigenvalue weighted by atomic mass is 10.0. The molecular weight excluding hydrogens is 198 g/mol. The molecule has 0 bridgehead atoms. The molecular formula is C9H17N3O3. The number of aromatic nitrogens is 2. The van der Waals surface area contributed by atoms with Crippen LogP contribution in [-0.4, -0.2) is 50.5 Å². The highest BCUT2D eigenvalue weighted by molar-refractivity contribution is 5.01. The van der Waals surface area contributed by atoms with Crippen molar-refractivity contribution in [3.05, 3.63) is 18.0 Å². The standard InChI is InChI=1S/C9H17N3O3/c1-12-8(2-3-11-12)4-10-9(5-13,6-14)7-15/h2-3,10,13-15H,4-7H2,1H3. The summed E-state index contributed by atoms with van der Waals surface area (Å²) in [6.07, 6.45) is 1.66. The summed E-state index contributed by atoms with van der Waals surface area (Å²) < 4.78 is 1.68. The van der Waals surface area contributed by atoms with E-state index in [2.05, 4.69) is 10.4 Å². The van der Waals surface area contributed by atoms with E-state index in [1.165, 1.54) is 0 Å². The fourth-order valence-corrected chi connectivity index (χ4v) is 1.17. The van der Waals surface area contributed by atoms with Gasteiger partial charge in [0, 0.05) is 19.8 Å². The topological polar surface area (TPSA) is 90.5 Å². The Kier molecular flexibility index (Phi) is 4.22. The summed E-state index contributed by atoms with van der Waals surface area (Å²) in [6, 6.07) is 1.82. The predicted molar refractivity (Wildman–Crippen MR) is 54.0 cm³/mol. The lowest BCUT2D eigenvalue weighted by molar-refractivity contribution is 0.0409. The molecule has 1 rings (SSSR count). The van der Waals surface area contributed by atoms with Crippen molar-refractivity contribution < 1.29 is 15.3 Å². The largest absolute Gasteiger partial charge is 0.394 e. The Balaban J connectivity index is 2.58. The number of aryl methyl sites for hydroxylation is 1. The van der Waals surface area contributed by atoms with Gasteiger partial charge >= 0.3 is 0 Å². The Bertz CT molecular complexity index is 288. The smallest absolute Gasteiger partial charge is 0.0884 e. The number of aliphatic hydroxyl groups is 3. The molecule has 1 heterocycles. The molecule has 0 fully saturated rings. The van der Waals surface area contributed by atoms with Gasteiger partial charge in [-0.25, -0.2) is 0 Å². The maximum atomic E-state index is 9.07. The van der Waals surface area contributed by atoms with Gasteiger partial charge in [0.15, 0.2) is 0 Å². The Hall–Kier alpha value is -0.950. The van der Waals surface area contributed by atoms with Crippen LogP contribution < -0.4 is 5.32 Å². The van der Waals surface area contributed by atoms with Crippen LogP contribution in [0.4, 0.5) is 0 Å². The molecule has 86 valence electrons. The van der Waals surface area contributed by atoms with E-state index in [-0.39, 0.29) is 19.8 Å². The highest BCUT2D eigenvalue weighted by Crippen LogP contribution is 2.04. The monoisotopic (exact) mass is 215 g/mol. The Labute approximate surface area is 88.2 Å². The zero-order chi connectivity index (χ0) is 11.3. The summed E-state index contributed by atoms with van der Waals surface area (Å²) >= 11 is 0. The first-order chi connectivity index (χ1) is 7.17. The first-order valence-corrected chi connectivity index (χ1v) is 4.72. The van der Waals surface area contributed by atoms with Crippen molar-refractivity contribution >= 4 is 0 Å². The molecule has 0 saturated carbocycles. The van der Waals surface area contributed by atoms with Crippen molar-refractivity contribution in [1.29, 1.82) is 0 Å². The molecule has 0 radical (unpaired) electrons.